The third kappa shape index (κ3) is 6.09. The van der Waals surface area contributed by atoms with Crippen molar-refractivity contribution in [1.82, 2.24) is 5.32 Å². The fraction of sp³-hybridized carbons (Fsp3) is 0.222. The first-order valence-corrected chi connectivity index (χ1v) is 9.03. The van der Waals surface area contributed by atoms with Crippen molar-refractivity contribution in [3.05, 3.63) is 57.7 Å². The Morgan fingerprint density at radius 3 is 2.67 bits per heavy atom. The van der Waals surface area contributed by atoms with Crippen molar-refractivity contribution in [2.24, 2.45) is 5.92 Å². The summed E-state index contributed by atoms with van der Waals surface area (Å²) >= 11 is 7.37. The standard InChI is InChI=1S/C18H19IN2O2S/c1-12(2)11-23-16-8-4-7-15(10-16)20-18(24)21-17(22)13-5-3-6-14(19)9-13/h3-10,12H,11H2,1-2H3,(H2,20,21,22,24). The molecule has 0 atom stereocenters. The lowest BCUT2D eigenvalue weighted by atomic mass is 10.2. The second kappa shape index (κ2) is 8.98. The number of amides is 1. The Morgan fingerprint density at radius 2 is 1.96 bits per heavy atom. The van der Waals surface area contributed by atoms with E-state index in [4.69, 9.17) is 17.0 Å². The molecule has 2 N–H and O–H groups in total. The van der Waals surface area contributed by atoms with E-state index in [0.717, 1.165) is 15.0 Å². The minimum absolute atomic E-state index is 0.238. The van der Waals surface area contributed by atoms with E-state index < -0.39 is 0 Å². The van der Waals surface area contributed by atoms with Crippen molar-refractivity contribution >= 4 is 51.5 Å². The quantitative estimate of drug-likeness (QED) is 0.518. The van der Waals surface area contributed by atoms with Crippen molar-refractivity contribution in [2.45, 2.75) is 13.8 Å². The molecule has 0 fully saturated rings. The molecule has 0 bridgehead atoms. The Balaban J connectivity index is 1.94. The summed E-state index contributed by atoms with van der Waals surface area (Å²) in [6.07, 6.45) is 0. The van der Waals surface area contributed by atoms with Crippen molar-refractivity contribution < 1.29 is 9.53 Å². The van der Waals surface area contributed by atoms with Gasteiger partial charge in [0.25, 0.3) is 5.91 Å². The third-order valence-corrected chi connectivity index (χ3v) is 3.86. The van der Waals surface area contributed by atoms with E-state index in [0.29, 0.717) is 18.1 Å². The van der Waals surface area contributed by atoms with Crippen LogP contribution in [0.2, 0.25) is 0 Å². The highest BCUT2D eigenvalue weighted by Crippen LogP contribution is 2.18. The SMILES string of the molecule is CC(C)COc1cccc(NC(=S)NC(=O)c2cccc(I)c2)c1. The Morgan fingerprint density at radius 1 is 1.21 bits per heavy atom. The maximum atomic E-state index is 12.2. The number of carbonyl (C=O) groups excluding carboxylic acids is 1. The molecular weight excluding hydrogens is 435 g/mol. The van der Waals surface area contributed by atoms with Crippen molar-refractivity contribution in [3.8, 4) is 5.75 Å². The number of halogens is 1. The number of anilines is 1. The van der Waals surface area contributed by atoms with Crippen molar-refractivity contribution in [3.63, 3.8) is 0 Å². The smallest absolute Gasteiger partial charge is 0.257 e. The van der Waals surface area contributed by atoms with Crippen LogP contribution in [0.5, 0.6) is 5.75 Å². The number of ether oxygens (including phenoxy) is 1. The molecule has 0 aliphatic rings. The number of benzene rings is 2. The largest absolute Gasteiger partial charge is 0.493 e. The molecule has 0 aliphatic heterocycles. The van der Waals surface area contributed by atoms with Gasteiger partial charge in [0.2, 0.25) is 0 Å². The topological polar surface area (TPSA) is 50.4 Å². The molecule has 0 saturated carbocycles. The zero-order chi connectivity index (χ0) is 17.5. The molecule has 0 aliphatic carbocycles. The normalized spacial score (nSPS) is 10.3. The Bertz CT molecular complexity index is 734. The molecular formula is C18H19IN2O2S. The van der Waals surface area contributed by atoms with Gasteiger partial charge in [-0.2, -0.15) is 0 Å². The Hall–Kier alpha value is -1.67. The molecule has 0 saturated heterocycles. The van der Waals surface area contributed by atoms with Gasteiger partial charge in [-0.1, -0.05) is 26.0 Å². The number of rotatable bonds is 5. The molecule has 126 valence electrons. The van der Waals surface area contributed by atoms with Crippen LogP contribution in [0.1, 0.15) is 24.2 Å². The highest BCUT2D eigenvalue weighted by atomic mass is 127. The maximum absolute atomic E-state index is 12.2. The summed E-state index contributed by atoms with van der Waals surface area (Å²) in [4.78, 5) is 12.2. The number of carbonyl (C=O) groups is 1. The fourth-order valence-corrected chi connectivity index (χ4v) is 2.65. The molecule has 1 amide bonds. The van der Waals surface area contributed by atoms with E-state index in [1.54, 1.807) is 12.1 Å². The van der Waals surface area contributed by atoms with Gasteiger partial charge in [0.05, 0.1) is 6.61 Å². The van der Waals surface area contributed by atoms with Crippen LogP contribution < -0.4 is 15.4 Å². The summed E-state index contributed by atoms with van der Waals surface area (Å²) < 4.78 is 6.68. The summed E-state index contributed by atoms with van der Waals surface area (Å²) in [6.45, 7) is 4.84. The van der Waals surface area contributed by atoms with E-state index >= 15 is 0 Å². The maximum Gasteiger partial charge on any atom is 0.257 e. The second-order valence-corrected chi connectivity index (χ2v) is 7.31. The molecule has 0 spiro atoms. The van der Waals surface area contributed by atoms with Crippen molar-refractivity contribution in [2.75, 3.05) is 11.9 Å². The minimum atomic E-state index is -0.238. The van der Waals surface area contributed by atoms with E-state index in [9.17, 15) is 4.79 Å². The highest BCUT2D eigenvalue weighted by Gasteiger charge is 2.08. The Labute approximate surface area is 161 Å². The van der Waals surface area contributed by atoms with E-state index in [2.05, 4.69) is 47.1 Å². The molecule has 2 aromatic rings. The van der Waals surface area contributed by atoms with Gasteiger partial charge >= 0.3 is 0 Å². The van der Waals surface area contributed by atoms with Gasteiger partial charge in [0.15, 0.2) is 5.11 Å². The predicted octanol–water partition coefficient (Wildman–Crippen LogP) is 4.45. The lowest BCUT2D eigenvalue weighted by Crippen LogP contribution is -2.34. The number of thiocarbonyl (C=S) groups is 1. The summed E-state index contributed by atoms with van der Waals surface area (Å²) in [5, 5.41) is 5.93. The van der Waals surface area contributed by atoms with Crippen LogP contribution in [0.15, 0.2) is 48.5 Å². The molecule has 0 radical (unpaired) electrons. The van der Waals surface area contributed by atoms with Gasteiger partial charge < -0.3 is 10.1 Å². The van der Waals surface area contributed by atoms with Gasteiger partial charge in [0, 0.05) is 20.9 Å². The zero-order valence-electron chi connectivity index (χ0n) is 13.5. The molecule has 0 aromatic heterocycles. The first-order chi connectivity index (χ1) is 11.4. The lowest BCUT2D eigenvalue weighted by molar-refractivity contribution is 0.0977. The van der Waals surface area contributed by atoms with E-state index in [1.807, 2.05) is 36.4 Å². The predicted molar refractivity (Wildman–Crippen MR) is 110 cm³/mol. The molecule has 2 rings (SSSR count). The third-order valence-electron chi connectivity index (χ3n) is 2.99. The van der Waals surface area contributed by atoms with Crippen LogP contribution in [0.25, 0.3) is 0 Å². The monoisotopic (exact) mass is 454 g/mol. The summed E-state index contributed by atoms with van der Waals surface area (Å²) in [6, 6.07) is 14.8. The lowest BCUT2D eigenvalue weighted by Gasteiger charge is -2.12. The van der Waals surface area contributed by atoms with Crippen LogP contribution in [0.4, 0.5) is 5.69 Å². The first kappa shape index (κ1) is 18.7. The van der Waals surface area contributed by atoms with Crippen LogP contribution >= 0.6 is 34.8 Å². The van der Waals surface area contributed by atoms with E-state index in [-0.39, 0.29) is 11.0 Å². The molecule has 2 aromatic carbocycles. The average molecular weight is 454 g/mol. The average Bonchev–Trinajstić information content (AvgIpc) is 2.53. The Kier molecular flexibility index (Phi) is 6.99. The first-order valence-electron chi connectivity index (χ1n) is 7.55. The zero-order valence-corrected chi connectivity index (χ0v) is 16.5. The molecule has 4 nitrogen and oxygen atoms in total. The fourth-order valence-electron chi connectivity index (χ4n) is 1.89. The van der Waals surface area contributed by atoms with Gasteiger partial charge in [-0.25, -0.2) is 0 Å². The van der Waals surface area contributed by atoms with Crippen LogP contribution in [-0.4, -0.2) is 17.6 Å². The van der Waals surface area contributed by atoms with Crippen molar-refractivity contribution in [1.29, 1.82) is 0 Å². The second-order valence-electron chi connectivity index (χ2n) is 5.65. The van der Waals surface area contributed by atoms with E-state index in [1.165, 1.54) is 0 Å². The minimum Gasteiger partial charge on any atom is -0.493 e. The van der Waals surface area contributed by atoms with Gasteiger partial charge in [0.1, 0.15) is 5.75 Å². The van der Waals surface area contributed by atoms with Gasteiger partial charge in [-0.05, 0) is 71.1 Å². The molecule has 0 unspecified atom stereocenters. The molecule has 24 heavy (non-hydrogen) atoms. The molecule has 6 heteroatoms. The summed E-state index contributed by atoms with van der Waals surface area (Å²) in [7, 11) is 0. The molecule has 0 heterocycles. The summed E-state index contributed by atoms with van der Waals surface area (Å²) in [5.41, 5.74) is 1.34. The van der Waals surface area contributed by atoms with Crippen LogP contribution in [0, 0.1) is 9.49 Å². The number of hydrogen-bond donors (Lipinski definition) is 2. The number of hydrogen-bond acceptors (Lipinski definition) is 3. The number of nitrogens with one attached hydrogen (secondary N) is 2. The van der Waals surface area contributed by atoms with Gasteiger partial charge in [-0.15, -0.1) is 0 Å². The van der Waals surface area contributed by atoms with Crippen LogP contribution in [-0.2, 0) is 0 Å². The van der Waals surface area contributed by atoms with Crippen LogP contribution in [0.3, 0.4) is 0 Å². The summed E-state index contributed by atoms with van der Waals surface area (Å²) in [5.74, 6) is 0.981. The highest BCUT2D eigenvalue weighted by molar-refractivity contribution is 14.1. The van der Waals surface area contributed by atoms with Gasteiger partial charge in [-0.3, -0.25) is 10.1 Å².